The average Bonchev–Trinajstić information content (AvgIpc) is 2.93. The van der Waals surface area contributed by atoms with Gasteiger partial charge in [0, 0.05) is 25.2 Å². The van der Waals surface area contributed by atoms with Crippen molar-refractivity contribution >= 4 is 11.9 Å². The molecule has 0 spiro atoms. The fourth-order valence-electron chi connectivity index (χ4n) is 4.37. The summed E-state index contributed by atoms with van der Waals surface area (Å²) in [6, 6.07) is 21.3. The Hall–Kier alpha value is -4.52. The number of nitrogens with one attached hydrogen (secondary N) is 1. The fourth-order valence-corrected chi connectivity index (χ4v) is 4.37. The molecule has 0 aliphatic carbocycles. The van der Waals surface area contributed by atoms with Gasteiger partial charge in [-0.15, -0.1) is 0 Å². The molecule has 1 heterocycles. The van der Waals surface area contributed by atoms with E-state index in [1.54, 1.807) is 34.1 Å². The lowest BCUT2D eigenvalue weighted by Gasteiger charge is -2.41. The summed E-state index contributed by atoms with van der Waals surface area (Å²) in [7, 11) is 0. The predicted molar refractivity (Wildman–Crippen MR) is 138 cm³/mol. The summed E-state index contributed by atoms with van der Waals surface area (Å²) in [5.41, 5.74) is 0.568. The molecule has 1 saturated heterocycles. The first kappa shape index (κ1) is 27.5. The average molecular weight is 537 g/mol. The van der Waals surface area contributed by atoms with Crippen molar-refractivity contribution in [1.82, 2.24) is 15.1 Å². The van der Waals surface area contributed by atoms with Crippen LogP contribution in [-0.2, 0) is 6.18 Å². The first-order valence-electron chi connectivity index (χ1n) is 12.4. The van der Waals surface area contributed by atoms with Gasteiger partial charge < -0.3 is 19.9 Å². The third kappa shape index (κ3) is 6.87. The molecule has 2 atom stereocenters. The molecule has 7 nitrogen and oxygen atoms in total. The molecule has 4 rings (SSSR count). The topological polar surface area (TPSA) is 85.7 Å². The Morgan fingerprint density at radius 1 is 1.00 bits per heavy atom. The van der Waals surface area contributed by atoms with Crippen LogP contribution in [0.5, 0.6) is 11.5 Å². The predicted octanol–water partition coefficient (Wildman–Crippen LogP) is 6.01. The SMILES string of the molecule is C[C@@H](NC(=O)N1CCN(C(=O)c2ccc(Oc3ccc(C(F)(F)F)cc3)cc2)[C@H](CC#N)C1)c1ccccc1. The zero-order valence-electron chi connectivity index (χ0n) is 21.2. The summed E-state index contributed by atoms with van der Waals surface area (Å²) in [6.07, 6.45) is -4.36. The number of ether oxygens (including phenoxy) is 1. The van der Waals surface area contributed by atoms with Gasteiger partial charge in [-0.05, 0) is 61.0 Å². The Labute approximate surface area is 224 Å². The maximum atomic E-state index is 13.3. The van der Waals surface area contributed by atoms with Crippen molar-refractivity contribution < 1.29 is 27.5 Å². The Bertz CT molecular complexity index is 1320. The Kier molecular flexibility index (Phi) is 8.39. The lowest BCUT2D eigenvalue weighted by atomic mass is 10.1. The van der Waals surface area contributed by atoms with Crippen LogP contribution in [-0.4, -0.2) is 47.4 Å². The maximum Gasteiger partial charge on any atom is 0.416 e. The van der Waals surface area contributed by atoms with E-state index in [1.807, 2.05) is 37.3 Å². The quantitative estimate of drug-likeness (QED) is 0.418. The van der Waals surface area contributed by atoms with Gasteiger partial charge in [0.1, 0.15) is 11.5 Å². The zero-order valence-corrected chi connectivity index (χ0v) is 21.2. The van der Waals surface area contributed by atoms with E-state index in [2.05, 4.69) is 11.4 Å². The molecule has 1 aliphatic heterocycles. The van der Waals surface area contributed by atoms with Crippen molar-refractivity contribution in [2.75, 3.05) is 19.6 Å². The highest BCUT2D eigenvalue weighted by atomic mass is 19.4. The molecule has 0 aromatic heterocycles. The van der Waals surface area contributed by atoms with Crippen LogP contribution in [0.1, 0.15) is 40.9 Å². The first-order valence-corrected chi connectivity index (χ1v) is 12.4. The summed E-state index contributed by atoms with van der Waals surface area (Å²) in [5, 5.41) is 12.3. The van der Waals surface area contributed by atoms with E-state index < -0.39 is 17.8 Å². The highest BCUT2D eigenvalue weighted by molar-refractivity contribution is 5.94. The minimum atomic E-state index is -4.43. The number of benzene rings is 3. The first-order chi connectivity index (χ1) is 18.7. The van der Waals surface area contributed by atoms with Gasteiger partial charge in [-0.3, -0.25) is 4.79 Å². The van der Waals surface area contributed by atoms with Crippen LogP contribution in [0.15, 0.2) is 78.9 Å². The number of nitrogens with zero attached hydrogens (tertiary/aromatic N) is 3. The second kappa shape index (κ2) is 11.9. The third-order valence-electron chi connectivity index (χ3n) is 6.52. The summed E-state index contributed by atoms with van der Waals surface area (Å²) in [4.78, 5) is 29.4. The van der Waals surface area contributed by atoms with Crippen molar-refractivity contribution in [3.63, 3.8) is 0 Å². The highest BCUT2D eigenvalue weighted by Crippen LogP contribution is 2.31. The molecule has 0 unspecified atom stereocenters. The number of piperazine rings is 1. The number of urea groups is 1. The summed E-state index contributed by atoms with van der Waals surface area (Å²) >= 11 is 0. The molecule has 10 heteroatoms. The highest BCUT2D eigenvalue weighted by Gasteiger charge is 2.33. The van der Waals surface area contributed by atoms with E-state index in [-0.39, 0.29) is 43.2 Å². The van der Waals surface area contributed by atoms with Crippen molar-refractivity contribution in [1.29, 1.82) is 5.26 Å². The molecule has 3 aromatic carbocycles. The number of hydrogen-bond acceptors (Lipinski definition) is 4. The number of alkyl halides is 3. The van der Waals surface area contributed by atoms with E-state index >= 15 is 0 Å². The molecule has 1 N–H and O–H groups in total. The number of hydrogen-bond donors (Lipinski definition) is 1. The van der Waals surface area contributed by atoms with Gasteiger partial charge in [-0.25, -0.2) is 4.79 Å². The second-order valence-electron chi connectivity index (χ2n) is 9.19. The number of nitriles is 1. The smallest absolute Gasteiger partial charge is 0.416 e. The van der Waals surface area contributed by atoms with E-state index in [0.717, 1.165) is 17.7 Å². The van der Waals surface area contributed by atoms with Crippen LogP contribution in [0.25, 0.3) is 0 Å². The zero-order chi connectivity index (χ0) is 28.0. The molecule has 1 aliphatic rings. The van der Waals surface area contributed by atoms with Gasteiger partial charge in [0.2, 0.25) is 0 Å². The van der Waals surface area contributed by atoms with E-state index in [9.17, 15) is 28.0 Å². The van der Waals surface area contributed by atoms with Crippen molar-refractivity contribution in [2.24, 2.45) is 0 Å². The van der Waals surface area contributed by atoms with Crippen LogP contribution < -0.4 is 10.1 Å². The number of halogens is 3. The molecular formula is C29H27F3N4O3. The molecule has 3 aromatic rings. The monoisotopic (exact) mass is 536 g/mol. The van der Waals surface area contributed by atoms with Crippen LogP contribution in [0.2, 0.25) is 0 Å². The van der Waals surface area contributed by atoms with Gasteiger partial charge in [0.15, 0.2) is 0 Å². The largest absolute Gasteiger partial charge is 0.457 e. The van der Waals surface area contributed by atoms with Gasteiger partial charge in [-0.1, -0.05) is 30.3 Å². The minimum Gasteiger partial charge on any atom is -0.457 e. The number of carbonyl (C=O) groups is 2. The molecular weight excluding hydrogens is 509 g/mol. The molecule has 1 fully saturated rings. The standard InChI is InChI=1S/C29H27F3N4O3/c1-20(21-5-3-2-4-6-21)34-28(38)35-17-18-36(24(19-35)15-16-33)27(37)22-7-11-25(12-8-22)39-26-13-9-23(10-14-26)29(30,31)32/h2-14,20,24H,15,17-19H2,1H3,(H,34,38)/t20-,24-/m1/s1. The van der Waals surface area contributed by atoms with Gasteiger partial charge in [-0.2, -0.15) is 18.4 Å². The van der Waals surface area contributed by atoms with E-state index in [0.29, 0.717) is 17.9 Å². The normalized spacial score (nSPS) is 16.2. The van der Waals surface area contributed by atoms with Gasteiger partial charge >= 0.3 is 12.2 Å². The molecule has 0 bridgehead atoms. The number of rotatable bonds is 6. The van der Waals surface area contributed by atoms with Crippen LogP contribution in [0.3, 0.4) is 0 Å². The van der Waals surface area contributed by atoms with Gasteiger partial charge in [0.25, 0.3) is 5.91 Å². The minimum absolute atomic E-state index is 0.0683. The molecule has 39 heavy (non-hydrogen) atoms. The summed E-state index contributed by atoms with van der Waals surface area (Å²) < 4.78 is 43.9. The second-order valence-corrected chi connectivity index (χ2v) is 9.19. The lowest BCUT2D eigenvalue weighted by Crippen LogP contribution is -2.58. The number of amides is 3. The Morgan fingerprint density at radius 2 is 1.62 bits per heavy atom. The third-order valence-corrected chi connectivity index (χ3v) is 6.52. The molecule has 202 valence electrons. The number of carbonyl (C=O) groups excluding carboxylic acids is 2. The summed E-state index contributed by atoms with van der Waals surface area (Å²) in [5.74, 6) is 0.301. The molecule has 0 saturated carbocycles. The molecule has 0 radical (unpaired) electrons. The van der Waals surface area contributed by atoms with E-state index in [4.69, 9.17) is 4.74 Å². The van der Waals surface area contributed by atoms with Crippen LogP contribution in [0.4, 0.5) is 18.0 Å². The van der Waals surface area contributed by atoms with Crippen LogP contribution in [0, 0.1) is 11.3 Å². The van der Waals surface area contributed by atoms with Crippen LogP contribution >= 0.6 is 0 Å². The van der Waals surface area contributed by atoms with Crippen molar-refractivity contribution in [3.05, 3.63) is 95.6 Å². The Balaban J connectivity index is 1.37. The van der Waals surface area contributed by atoms with Crippen molar-refractivity contribution in [3.8, 4) is 17.6 Å². The van der Waals surface area contributed by atoms with Crippen molar-refractivity contribution in [2.45, 2.75) is 31.6 Å². The summed E-state index contributed by atoms with van der Waals surface area (Å²) in [6.45, 7) is 2.70. The van der Waals surface area contributed by atoms with Gasteiger partial charge in [0.05, 0.1) is 30.1 Å². The Morgan fingerprint density at radius 3 is 2.21 bits per heavy atom. The lowest BCUT2D eigenvalue weighted by molar-refractivity contribution is -0.137. The fraction of sp³-hybridized carbons (Fsp3) is 0.276. The molecule has 3 amide bonds. The van der Waals surface area contributed by atoms with E-state index in [1.165, 1.54) is 12.1 Å². The maximum absolute atomic E-state index is 13.3.